The number of nitrogens with one attached hydrogen (secondary N) is 1. The smallest absolute Gasteiger partial charge is 0.136 e. The first-order valence-corrected chi connectivity index (χ1v) is 7.93. The number of fused-ring (bicyclic) bond motifs is 1. The van der Waals surface area contributed by atoms with Crippen LogP contribution >= 0.6 is 0 Å². The minimum atomic E-state index is 0.128. The Labute approximate surface area is 141 Å². The van der Waals surface area contributed by atoms with E-state index in [9.17, 15) is 0 Å². The molecule has 3 N–H and O–H groups in total. The summed E-state index contributed by atoms with van der Waals surface area (Å²) in [6, 6.07) is 9.56. The van der Waals surface area contributed by atoms with Gasteiger partial charge in [0.2, 0.25) is 0 Å². The predicted octanol–water partition coefficient (Wildman–Crippen LogP) is 3.43. The van der Waals surface area contributed by atoms with Gasteiger partial charge in [-0.3, -0.25) is 10.4 Å². The molecule has 0 aliphatic carbocycles. The highest BCUT2D eigenvalue weighted by molar-refractivity contribution is 6.30. The highest BCUT2D eigenvalue weighted by atomic mass is 15.0. The average Bonchev–Trinajstić information content (AvgIpc) is 3.02. The van der Waals surface area contributed by atoms with E-state index in [1.54, 1.807) is 6.20 Å². The quantitative estimate of drug-likeness (QED) is 0.723. The Morgan fingerprint density at radius 2 is 2.00 bits per heavy atom. The molecule has 0 spiro atoms. The maximum absolute atomic E-state index is 8.69. The minimum Gasteiger partial charge on any atom is -0.401 e. The zero-order valence-corrected chi connectivity index (χ0v) is 14.1. The largest absolute Gasteiger partial charge is 0.401 e. The van der Waals surface area contributed by atoms with E-state index in [-0.39, 0.29) is 5.92 Å². The van der Waals surface area contributed by atoms with Crippen molar-refractivity contribution in [2.24, 2.45) is 11.7 Å². The highest BCUT2D eigenvalue weighted by Gasteiger charge is 2.18. The molecule has 3 aromatic rings. The predicted molar refractivity (Wildman–Crippen MR) is 96.9 cm³/mol. The molecule has 0 bridgehead atoms. The van der Waals surface area contributed by atoms with E-state index in [0.29, 0.717) is 17.1 Å². The van der Waals surface area contributed by atoms with Gasteiger partial charge in [-0.2, -0.15) is 0 Å². The van der Waals surface area contributed by atoms with Crippen LogP contribution < -0.4 is 5.73 Å². The molecule has 3 heterocycles. The minimum absolute atomic E-state index is 0.128. The van der Waals surface area contributed by atoms with Crippen LogP contribution in [0.5, 0.6) is 0 Å². The van der Waals surface area contributed by atoms with Crippen LogP contribution in [0, 0.1) is 18.3 Å². The summed E-state index contributed by atoms with van der Waals surface area (Å²) in [7, 11) is 0. The SMILES string of the molecule is Cc1cccc(C(=N)/C(=C(\N)C(C)C)c2ccc3nccn3c2)n1. The van der Waals surface area contributed by atoms with Crippen LogP contribution in [0.4, 0.5) is 0 Å². The molecular formula is C19H21N5. The van der Waals surface area contributed by atoms with Crippen LogP contribution in [0.3, 0.4) is 0 Å². The van der Waals surface area contributed by atoms with Gasteiger partial charge in [-0.1, -0.05) is 19.9 Å². The number of allylic oxidation sites excluding steroid dienone is 2. The van der Waals surface area contributed by atoms with Crippen LogP contribution in [-0.4, -0.2) is 20.1 Å². The molecule has 24 heavy (non-hydrogen) atoms. The van der Waals surface area contributed by atoms with Crippen LogP contribution in [0.2, 0.25) is 0 Å². The number of aromatic nitrogens is 3. The van der Waals surface area contributed by atoms with E-state index < -0.39 is 0 Å². The second-order valence-corrected chi connectivity index (χ2v) is 6.13. The molecule has 0 saturated heterocycles. The van der Waals surface area contributed by atoms with Gasteiger partial charge in [-0.05, 0) is 37.1 Å². The van der Waals surface area contributed by atoms with Gasteiger partial charge in [0.15, 0.2) is 0 Å². The summed E-state index contributed by atoms with van der Waals surface area (Å²) in [5.74, 6) is 0.128. The van der Waals surface area contributed by atoms with Crippen molar-refractivity contribution in [1.82, 2.24) is 14.4 Å². The molecule has 5 nitrogen and oxygen atoms in total. The van der Waals surface area contributed by atoms with Crippen molar-refractivity contribution in [3.05, 3.63) is 71.6 Å². The molecule has 0 amide bonds. The first-order valence-electron chi connectivity index (χ1n) is 7.93. The molecule has 3 rings (SSSR count). The zero-order chi connectivity index (χ0) is 17.3. The first kappa shape index (κ1) is 15.9. The van der Waals surface area contributed by atoms with Gasteiger partial charge in [0.25, 0.3) is 0 Å². The van der Waals surface area contributed by atoms with Crippen molar-refractivity contribution in [1.29, 1.82) is 5.41 Å². The zero-order valence-electron chi connectivity index (χ0n) is 14.1. The third-order valence-corrected chi connectivity index (χ3v) is 3.98. The molecular weight excluding hydrogens is 298 g/mol. The summed E-state index contributed by atoms with van der Waals surface area (Å²) in [6.07, 6.45) is 5.59. The Morgan fingerprint density at radius 3 is 2.71 bits per heavy atom. The number of hydrogen-bond donors (Lipinski definition) is 2. The van der Waals surface area contributed by atoms with Crippen LogP contribution in [0.25, 0.3) is 11.2 Å². The van der Waals surface area contributed by atoms with Gasteiger partial charge in [0.1, 0.15) is 5.65 Å². The number of imidazole rings is 1. The molecule has 5 heteroatoms. The van der Waals surface area contributed by atoms with Crippen LogP contribution in [0.1, 0.15) is 30.8 Å². The Kier molecular flexibility index (Phi) is 4.16. The summed E-state index contributed by atoms with van der Waals surface area (Å²) in [5, 5.41) is 8.69. The number of aryl methyl sites for hydroxylation is 1. The van der Waals surface area contributed by atoms with Gasteiger partial charge in [-0.15, -0.1) is 0 Å². The van der Waals surface area contributed by atoms with Crippen molar-refractivity contribution in [2.45, 2.75) is 20.8 Å². The molecule has 122 valence electrons. The normalized spacial score (nSPS) is 12.5. The average molecular weight is 319 g/mol. The summed E-state index contributed by atoms with van der Waals surface area (Å²) >= 11 is 0. The number of nitrogens with two attached hydrogens (primary N) is 1. The summed E-state index contributed by atoms with van der Waals surface area (Å²) in [6.45, 7) is 5.98. The van der Waals surface area contributed by atoms with E-state index >= 15 is 0 Å². The second kappa shape index (κ2) is 6.28. The lowest BCUT2D eigenvalue weighted by atomic mass is 9.93. The standard InChI is InChI=1S/C19H21N5/c1-12(2)18(20)17(19(21)15-6-4-5-13(3)23-15)14-7-8-16-22-9-10-24(16)11-14/h4-12,21H,20H2,1-3H3/b18-17-,21-19?. The number of hydrogen-bond acceptors (Lipinski definition) is 4. The Hall–Kier alpha value is -2.95. The Balaban J connectivity index is 2.17. The van der Waals surface area contributed by atoms with Crippen molar-refractivity contribution in [2.75, 3.05) is 0 Å². The second-order valence-electron chi connectivity index (χ2n) is 6.13. The van der Waals surface area contributed by atoms with Gasteiger partial charge < -0.3 is 10.1 Å². The molecule has 0 aromatic carbocycles. The van der Waals surface area contributed by atoms with Gasteiger partial charge in [0.05, 0.1) is 11.4 Å². The van der Waals surface area contributed by atoms with Crippen LogP contribution in [-0.2, 0) is 0 Å². The molecule has 0 radical (unpaired) electrons. The van der Waals surface area contributed by atoms with Gasteiger partial charge in [-0.25, -0.2) is 4.98 Å². The molecule has 0 fully saturated rings. The number of rotatable bonds is 4. The van der Waals surface area contributed by atoms with Crippen molar-refractivity contribution in [3.8, 4) is 0 Å². The maximum atomic E-state index is 8.69. The lowest BCUT2D eigenvalue weighted by Gasteiger charge is -2.16. The van der Waals surface area contributed by atoms with E-state index in [2.05, 4.69) is 9.97 Å². The third kappa shape index (κ3) is 2.93. The monoisotopic (exact) mass is 319 g/mol. The Morgan fingerprint density at radius 1 is 1.21 bits per heavy atom. The van der Waals surface area contributed by atoms with Crippen LogP contribution in [0.15, 0.2) is 54.6 Å². The molecule has 0 atom stereocenters. The topological polar surface area (TPSA) is 80.1 Å². The third-order valence-electron chi connectivity index (χ3n) is 3.98. The van der Waals surface area contributed by atoms with Crippen molar-refractivity contribution >= 4 is 16.9 Å². The van der Waals surface area contributed by atoms with Crippen molar-refractivity contribution in [3.63, 3.8) is 0 Å². The molecule has 3 aromatic heterocycles. The van der Waals surface area contributed by atoms with E-state index in [1.807, 2.05) is 67.9 Å². The van der Waals surface area contributed by atoms with E-state index in [4.69, 9.17) is 11.1 Å². The van der Waals surface area contributed by atoms with E-state index in [0.717, 1.165) is 22.5 Å². The molecule has 0 aliphatic heterocycles. The van der Waals surface area contributed by atoms with E-state index in [1.165, 1.54) is 0 Å². The lowest BCUT2D eigenvalue weighted by molar-refractivity contribution is 0.761. The first-order chi connectivity index (χ1) is 11.5. The van der Waals surface area contributed by atoms with Gasteiger partial charge >= 0.3 is 0 Å². The Bertz CT molecular complexity index is 934. The fraction of sp³-hybridized carbons (Fsp3) is 0.211. The summed E-state index contributed by atoms with van der Waals surface area (Å²) in [5.41, 5.74) is 11.4. The van der Waals surface area contributed by atoms with Crippen molar-refractivity contribution < 1.29 is 0 Å². The molecule has 0 unspecified atom stereocenters. The van der Waals surface area contributed by atoms with Gasteiger partial charge in [0, 0.05) is 41.1 Å². The number of nitrogens with zero attached hydrogens (tertiary/aromatic N) is 3. The fourth-order valence-electron chi connectivity index (χ4n) is 2.62. The fourth-order valence-corrected chi connectivity index (χ4v) is 2.62. The summed E-state index contributed by atoms with van der Waals surface area (Å²) in [4.78, 5) is 8.74. The lowest BCUT2D eigenvalue weighted by Crippen LogP contribution is -2.16. The molecule has 0 aliphatic rings. The maximum Gasteiger partial charge on any atom is 0.136 e. The highest BCUT2D eigenvalue weighted by Crippen LogP contribution is 2.25. The molecule has 0 saturated carbocycles. The summed E-state index contributed by atoms with van der Waals surface area (Å²) < 4.78 is 1.93. The number of pyridine rings is 2.